The quantitative estimate of drug-likeness (QED) is 0.722. The number of halogens is 1. The summed E-state index contributed by atoms with van der Waals surface area (Å²) >= 11 is 0. The SMILES string of the molecule is Fc1ccccc1-n1ccnc1-c1ccc2c(c1)OCO2. The van der Waals surface area contributed by atoms with Crippen LogP contribution in [0.5, 0.6) is 11.5 Å². The van der Waals surface area contributed by atoms with E-state index in [2.05, 4.69) is 4.98 Å². The molecule has 0 atom stereocenters. The van der Waals surface area contributed by atoms with Crippen LogP contribution in [0.4, 0.5) is 4.39 Å². The maximum absolute atomic E-state index is 14.0. The van der Waals surface area contributed by atoms with Gasteiger partial charge >= 0.3 is 0 Å². The van der Waals surface area contributed by atoms with Gasteiger partial charge in [0.25, 0.3) is 0 Å². The van der Waals surface area contributed by atoms with E-state index in [9.17, 15) is 4.39 Å². The minimum atomic E-state index is -0.294. The van der Waals surface area contributed by atoms with E-state index < -0.39 is 0 Å². The van der Waals surface area contributed by atoms with Crippen molar-refractivity contribution in [1.82, 2.24) is 9.55 Å². The summed E-state index contributed by atoms with van der Waals surface area (Å²) in [7, 11) is 0. The van der Waals surface area contributed by atoms with Crippen LogP contribution in [0.3, 0.4) is 0 Å². The molecule has 0 spiro atoms. The Hall–Kier alpha value is -2.82. The molecule has 0 amide bonds. The molecule has 1 aliphatic rings. The molecule has 2 aromatic carbocycles. The number of ether oxygens (including phenoxy) is 2. The molecule has 0 saturated heterocycles. The molecular formula is C16H11FN2O2. The minimum absolute atomic E-state index is 0.223. The first-order valence-corrected chi connectivity index (χ1v) is 6.51. The van der Waals surface area contributed by atoms with Crippen molar-refractivity contribution in [3.8, 4) is 28.6 Å². The van der Waals surface area contributed by atoms with Crippen LogP contribution in [-0.4, -0.2) is 16.3 Å². The van der Waals surface area contributed by atoms with Crippen LogP contribution in [0.25, 0.3) is 17.1 Å². The van der Waals surface area contributed by atoms with Crippen molar-refractivity contribution in [2.75, 3.05) is 6.79 Å². The van der Waals surface area contributed by atoms with Crippen molar-refractivity contribution in [2.24, 2.45) is 0 Å². The Labute approximate surface area is 120 Å². The first-order valence-electron chi connectivity index (χ1n) is 6.51. The monoisotopic (exact) mass is 282 g/mol. The zero-order valence-corrected chi connectivity index (χ0v) is 11.0. The Morgan fingerprint density at radius 1 is 1.05 bits per heavy atom. The first kappa shape index (κ1) is 12.0. The zero-order valence-electron chi connectivity index (χ0n) is 11.0. The average molecular weight is 282 g/mol. The summed E-state index contributed by atoms with van der Waals surface area (Å²) in [5.74, 6) is 1.74. The molecule has 0 fully saturated rings. The van der Waals surface area contributed by atoms with Crippen LogP contribution in [-0.2, 0) is 0 Å². The molecule has 0 N–H and O–H groups in total. The van der Waals surface area contributed by atoms with Crippen LogP contribution < -0.4 is 9.47 Å². The van der Waals surface area contributed by atoms with Gasteiger partial charge in [-0.2, -0.15) is 0 Å². The lowest BCUT2D eigenvalue weighted by Gasteiger charge is -2.09. The van der Waals surface area contributed by atoms with Crippen molar-refractivity contribution in [3.05, 3.63) is 60.7 Å². The van der Waals surface area contributed by atoms with Gasteiger partial charge < -0.3 is 9.47 Å². The molecule has 1 aromatic heterocycles. The molecule has 0 aliphatic carbocycles. The third kappa shape index (κ3) is 1.94. The number of fused-ring (bicyclic) bond motifs is 1. The minimum Gasteiger partial charge on any atom is -0.454 e. The first-order chi connectivity index (χ1) is 10.3. The molecule has 21 heavy (non-hydrogen) atoms. The number of benzene rings is 2. The van der Waals surface area contributed by atoms with Gasteiger partial charge in [0, 0.05) is 18.0 Å². The highest BCUT2D eigenvalue weighted by Crippen LogP contribution is 2.36. The lowest BCUT2D eigenvalue weighted by atomic mass is 10.2. The summed E-state index contributed by atoms with van der Waals surface area (Å²) < 4.78 is 26.4. The summed E-state index contributed by atoms with van der Waals surface area (Å²) in [5, 5.41) is 0. The molecule has 2 heterocycles. The van der Waals surface area contributed by atoms with Gasteiger partial charge in [-0.3, -0.25) is 4.57 Å². The fourth-order valence-electron chi connectivity index (χ4n) is 2.39. The maximum atomic E-state index is 14.0. The maximum Gasteiger partial charge on any atom is 0.231 e. The number of para-hydroxylation sites is 1. The molecule has 104 valence electrons. The Balaban J connectivity index is 1.84. The van der Waals surface area contributed by atoms with E-state index in [4.69, 9.17) is 9.47 Å². The fraction of sp³-hybridized carbons (Fsp3) is 0.0625. The molecule has 0 unspecified atom stereocenters. The van der Waals surface area contributed by atoms with Crippen molar-refractivity contribution in [3.63, 3.8) is 0 Å². The Kier molecular flexibility index (Phi) is 2.64. The van der Waals surface area contributed by atoms with Crippen molar-refractivity contribution < 1.29 is 13.9 Å². The third-order valence-electron chi connectivity index (χ3n) is 3.38. The van der Waals surface area contributed by atoms with Gasteiger partial charge in [-0.25, -0.2) is 9.37 Å². The molecule has 0 bridgehead atoms. The van der Waals surface area contributed by atoms with Gasteiger partial charge in [0.05, 0.1) is 5.69 Å². The van der Waals surface area contributed by atoms with Gasteiger partial charge in [-0.15, -0.1) is 0 Å². The van der Waals surface area contributed by atoms with Crippen molar-refractivity contribution in [2.45, 2.75) is 0 Å². The molecule has 0 saturated carbocycles. The standard InChI is InChI=1S/C16H11FN2O2/c17-12-3-1-2-4-13(12)19-8-7-18-16(19)11-5-6-14-15(9-11)21-10-20-14/h1-9H,10H2. The molecule has 4 rings (SSSR count). The van der Waals surface area contributed by atoms with Crippen LogP contribution >= 0.6 is 0 Å². The van der Waals surface area contributed by atoms with E-state index in [0.29, 0.717) is 23.0 Å². The van der Waals surface area contributed by atoms with Crippen LogP contribution in [0.15, 0.2) is 54.9 Å². The van der Waals surface area contributed by atoms with Gasteiger partial charge in [0.1, 0.15) is 11.6 Å². The third-order valence-corrected chi connectivity index (χ3v) is 3.38. The number of hydrogen-bond acceptors (Lipinski definition) is 3. The average Bonchev–Trinajstić information content (AvgIpc) is 3.15. The van der Waals surface area contributed by atoms with Gasteiger partial charge in [-0.05, 0) is 30.3 Å². The molecule has 1 aliphatic heterocycles. The second-order valence-corrected chi connectivity index (χ2v) is 4.64. The summed E-state index contributed by atoms with van der Waals surface area (Å²) in [6.07, 6.45) is 3.38. The summed E-state index contributed by atoms with van der Waals surface area (Å²) in [6.45, 7) is 0.223. The van der Waals surface area contributed by atoms with Gasteiger partial charge in [-0.1, -0.05) is 12.1 Å². The lowest BCUT2D eigenvalue weighted by Crippen LogP contribution is -1.99. The second-order valence-electron chi connectivity index (χ2n) is 4.64. The Bertz CT molecular complexity index is 814. The van der Waals surface area contributed by atoms with E-state index in [-0.39, 0.29) is 12.6 Å². The number of hydrogen-bond donors (Lipinski definition) is 0. The lowest BCUT2D eigenvalue weighted by molar-refractivity contribution is 0.174. The predicted octanol–water partition coefficient (Wildman–Crippen LogP) is 3.41. The normalized spacial score (nSPS) is 12.6. The smallest absolute Gasteiger partial charge is 0.231 e. The zero-order chi connectivity index (χ0) is 14.2. The highest BCUT2D eigenvalue weighted by atomic mass is 19.1. The number of aromatic nitrogens is 2. The van der Waals surface area contributed by atoms with Gasteiger partial charge in [0.15, 0.2) is 11.5 Å². The molecular weight excluding hydrogens is 271 g/mol. The fourth-order valence-corrected chi connectivity index (χ4v) is 2.39. The highest BCUT2D eigenvalue weighted by molar-refractivity contribution is 5.64. The van der Waals surface area contributed by atoms with E-state index in [1.165, 1.54) is 6.07 Å². The van der Waals surface area contributed by atoms with E-state index in [1.807, 2.05) is 18.2 Å². The second kappa shape index (κ2) is 4.63. The van der Waals surface area contributed by atoms with Crippen molar-refractivity contribution >= 4 is 0 Å². The Morgan fingerprint density at radius 3 is 2.81 bits per heavy atom. The molecule has 0 radical (unpaired) electrons. The van der Waals surface area contributed by atoms with Crippen LogP contribution in [0.2, 0.25) is 0 Å². The van der Waals surface area contributed by atoms with Crippen molar-refractivity contribution in [1.29, 1.82) is 0 Å². The summed E-state index contributed by atoms with van der Waals surface area (Å²) in [4.78, 5) is 4.33. The largest absolute Gasteiger partial charge is 0.454 e. The number of imidazole rings is 1. The predicted molar refractivity (Wildman–Crippen MR) is 75.1 cm³/mol. The van der Waals surface area contributed by atoms with E-state index in [1.54, 1.807) is 35.2 Å². The topological polar surface area (TPSA) is 36.3 Å². The van der Waals surface area contributed by atoms with Crippen LogP contribution in [0.1, 0.15) is 0 Å². The molecule has 4 nitrogen and oxygen atoms in total. The number of rotatable bonds is 2. The summed E-state index contributed by atoms with van der Waals surface area (Å²) in [5.41, 5.74) is 1.30. The summed E-state index contributed by atoms with van der Waals surface area (Å²) in [6, 6.07) is 12.2. The molecule has 3 aromatic rings. The Morgan fingerprint density at radius 2 is 1.90 bits per heavy atom. The highest BCUT2D eigenvalue weighted by Gasteiger charge is 2.17. The van der Waals surface area contributed by atoms with E-state index in [0.717, 1.165) is 5.56 Å². The van der Waals surface area contributed by atoms with Gasteiger partial charge in [0.2, 0.25) is 6.79 Å². The van der Waals surface area contributed by atoms with Crippen LogP contribution in [0, 0.1) is 5.82 Å². The van der Waals surface area contributed by atoms with E-state index >= 15 is 0 Å². The molecule has 5 heteroatoms. The number of nitrogens with zero attached hydrogens (tertiary/aromatic N) is 2.